The number of halogens is 2. The molecular formula is C11H12Cl2O. The molecule has 0 fully saturated rings. The third-order valence-corrected chi connectivity index (χ3v) is 2.52. The van der Waals surface area contributed by atoms with E-state index < -0.39 is 5.24 Å². The van der Waals surface area contributed by atoms with Crippen LogP contribution in [-0.4, -0.2) is 11.1 Å². The highest BCUT2D eigenvalue weighted by molar-refractivity contribution is 6.67. The van der Waals surface area contributed by atoms with Gasteiger partial charge in [0.2, 0.25) is 0 Å². The number of benzene rings is 1. The van der Waals surface area contributed by atoms with Crippen molar-refractivity contribution in [3.8, 4) is 0 Å². The Morgan fingerprint density at radius 2 is 1.79 bits per heavy atom. The molecular weight excluding hydrogens is 219 g/mol. The Bertz CT molecular complexity index is 293. The Morgan fingerprint density at radius 3 is 2.29 bits per heavy atom. The van der Waals surface area contributed by atoms with Crippen LogP contribution in [0.2, 0.25) is 0 Å². The Kier molecular flexibility index (Phi) is 4.99. The molecule has 14 heavy (non-hydrogen) atoms. The van der Waals surface area contributed by atoms with Gasteiger partial charge >= 0.3 is 0 Å². The van der Waals surface area contributed by atoms with Crippen molar-refractivity contribution in [2.24, 2.45) is 0 Å². The fourth-order valence-electron chi connectivity index (χ4n) is 1.23. The number of unbranched alkanes of at least 4 members (excludes halogenated alkanes) is 1. The minimum Gasteiger partial charge on any atom is -0.276 e. The number of carbonyl (C=O) groups excluding carboxylic acids is 1. The van der Waals surface area contributed by atoms with Crippen LogP contribution in [0.1, 0.15) is 28.8 Å². The van der Waals surface area contributed by atoms with Gasteiger partial charge in [0, 0.05) is 11.4 Å². The lowest BCUT2D eigenvalue weighted by Gasteiger charge is -2.00. The first kappa shape index (κ1) is 11.5. The minimum absolute atomic E-state index is 0.405. The highest BCUT2D eigenvalue weighted by atomic mass is 35.5. The van der Waals surface area contributed by atoms with Crippen LogP contribution in [0.15, 0.2) is 24.3 Å². The van der Waals surface area contributed by atoms with Gasteiger partial charge in [-0.25, -0.2) is 0 Å². The first-order valence-corrected chi connectivity index (χ1v) is 5.50. The van der Waals surface area contributed by atoms with Crippen molar-refractivity contribution in [2.45, 2.75) is 19.3 Å². The summed E-state index contributed by atoms with van der Waals surface area (Å²) in [5.74, 6) is 0.707. The fourth-order valence-corrected chi connectivity index (χ4v) is 1.54. The molecule has 0 N–H and O–H groups in total. The lowest BCUT2D eigenvalue weighted by molar-refractivity contribution is 0.108. The highest BCUT2D eigenvalue weighted by Gasteiger charge is 2.00. The zero-order valence-electron chi connectivity index (χ0n) is 7.80. The van der Waals surface area contributed by atoms with Crippen molar-refractivity contribution in [1.82, 2.24) is 0 Å². The zero-order valence-corrected chi connectivity index (χ0v) is 9.31. The van der Waals surface area contributed by atoms with E-state index >= 15 is 0 Å². The Labute approximate surface area is 94.0 Å². The normalized spacial score (nSPS) is 10.1. The van der Waals surface area contributed by atoms with E-state index in [1.807, 2.05) is 12.1 Å². The number of rotatable bonds is 5. The first-order chi connectivity index (χ1) is 6.74. The SMILES string of the molecule is O=C(Cl)c1ccc(CCCCCl)cc1. The van der Waals surface area contributed by atoms with Crippen molar-refractivity contribution in [2.75, 3.05) is 5.88 Å². The standard InChI is InChI=1S/C11H12Cl2O/c12-8-2-1-3-9-4-6-10(7-5-9)11(13)14/h4-7H,1-3,8H2. The minimum atomic E-state index is -0.405. The Balaban J connectivity index is 2.51. The van der Waals surface area contributed by atoms with Crippen molar-refractivity contribution in [3.63, 3.8) is 0 Å². The predicted molar refractivity (Wildman–Crippen MR) is 60.3 cm³/mol. The average Bonchev–Trinajstić information content (AvgIpc) is 2.19. The van der Waals surface area contributed by atoms with Crippen molar-refractivity contribution >= 4 is 28.4 Å². The lowest BCUT2D eigenvalue weighted by Crippen LogP contribution is -1.90. The van der Waals surface area contributed by atoms with Crippen molar-refractivity contribution in [1.29, 1.82) is 0 Å². The van der Waals surface area contributed by atoms with E-state index in [9.17, 15) is 4.79 Å². The fraction of sp³-hybridized carbons (Fsp3) is 0.364. The molecule has 0 bridgehead atoms. The molecule has 0 saturated carbocycles. The van der Waals surface area contributed by atoms with E-state index in [4.69, 9.17) is 23.2 Å². The summed E-state index contributed by atoms with van der Waals surface area (Å²) in [6.45, 7) is 0. The maximum absolute atomic E-state index is 10.8. The number of alkyl halides is 1. The second-order valence-electron chi connectivity index (χ2n) is 3.12. The summed E-state index contributed by atoms with van der Waals surface area (Å²) in [6.07, 6.45) is 3.11. The van der Waals surface area contributed by atoms with E-state index in [0.29, 0.717) is 11.4 Å². The molecule has 0 heterocycles. The van der Waals surface area contributed by atoms with Gasteiger partial charge in [-0.1, -0.05) is 12.1 Å². The van der Waals surface area contributed by atoms with Crippen LogP contribution in [-0.2, 0) is 6.42 Å². The van der Waals surface area contributed by atoms with Gasteiger partial charge in [-0.3, -0.25) is 4.79 Å². The third-order valence-electron chi connectivity index (χ3n) is 2.03. The molecule has 0 aliphatic rings. The third kappa shape index (κ3) is 3.69. The summed E-state index contributed by atoms with van der Waals surface area (Å²) in [5.41, 5.74) is 1.77. The number of hydrogen-bond donors (Lipinski definition) is 0. The van der Waals surface area contributed by atoms with Crippen molar-refractivity contribution < 1.29 is 4.79 Å². The summed E-state index contributed by atoms with van der Waals surface area (Å²) in [4.78, 5) is 10.8. The van der Waals surface area contributed by atoms with E-state index in [2.05, 4.69) is 0 Å². The highest BCUT2D eigenvalue weighted by Crippen LogP contribution is 2.09. The van der Waals surface area contributed by atoms with Gasteiger partial charge in [-0.2, -0.15) is 0 Å². The molecule has 0 radical (unpaired) electrons. The predicted octanol–water partition coefficient (Wildman–Crippen LogP) is 3.63. The molecule has 1 rings (SSSR count). The number of aryl methyl sites for hydroxylation is 1. The van der Waals surface area contributed by atoms with Crippen molar-refractivity contribution in [3.05, 3.63) is 35.4 Å². The zero-order chi connectivity index (χ0) is 10.4. The second-order valence-corrected chi connectivity index (χ2v) is 3.84. The maximum atomic E-state index is 10.8. The quantitative estimate of drug-likeness (QED) is 0.429. The van der Waals surface area contributed by atoms with Gasteiger partial charge in [0.15, 0.2) is 0 Å². The smallest absolute Gasteiger partial charge is 0.252 e. The van der Waals surface area contributed by atoms with Gasteiger partial charge in [0.1, 0.15) is 0 Å². The van der Waals surface area contributed by atoms with Crippen LogP contribution in [0.25, 0.3) is 0 Å². The lowest BCUT2D eigenvalue weighted by atomic mass is 10.1. The van der Waals surface area contributed by atoms with Crippen LogP contribution in [0.3, 0.4) is 0 Å². The molecule has 1 aromatic rings. The largest absolute Gasteiger partial charge is 0.276 e. The van der Waals surface area contributed by atoms with Gasteiger partial charge in [0.05, 0.1) is 0 Å². The van der Waals surface area contributed by atoms with Crippen LogP contribution in [0.4, 0.5) is 0 Å². The van der Waals surface area contributed by atoms with Crippen LogP contribution >= 0.6 is 23.2 Å². The topological polar surface area (TPSA) is 17.1 Å². The van der Waals surface area contributed by atoms with Crippen LogP contribution in [0, 0.1) is 0 Å². The van der Waals surface area contributed by atoms with E-state index in [-0.39, 0.29) is 0 Å². The first-order valence-electron chi connectivity index (χ1n) is 4.59. The summed E-state index contributed by atoms with van der Waals surface area (Å²) in [7, 11) is 0. The molecule has 0 atom stereocenters. The van der Waals surface area contributed by atoms with Gasteiger partial charge < -0.3 is 0 Å². The summed E-state index contributed by atoms with van der Waals surface area (Å²) < 4.78 is 0. The summed E-state index contributed by atoms with van der Waals surface area (Å²) in [5, 5.41) is -0.405. The summed E-state index contributed by atoms with van der Waals surface area (Å²) >= 11 is 10.9. The van der Waals surface area contributed by atoms with Gasteiger partial charge in [0.25, 0.3) is 5.24 Å². The molecule has 1 nitrogen and oxygen atoms in total. The Morgan fingerprint density at radius 1 is 1.14 bits per heavy atom. The average molecular weight is 231 g/mol. The van der Waals surface area contributed by atoms with E-state index in [0.717, 1.165) is 19.3 Å². The monoisotopic (exact) mass is 230 g/mol. The van der Waals surface area contributed by atoms with Crippen LogP contribution in [0.5, 0.6) is 0 Å². The Hall–Kier alpha value is -0.530. The van der Waals surface area contributed by atoms with E-state index in [1.54, 1.807) is 12.1 Å². The molecule has 0 unspecified atom stereocenters. The molecule has 3 heteroatoms. The van der Waals surface area contributed by atoms with Gasteiger partial charge in [-0.05, 0) is 48.6 Å². The van der Waals surface area contributed by atoms with Gasteiger partial charge in [-0.15, -0.1) is 11.6 Å². The molecule has 0 aliphatic carbocycles. The molecule has 0 saturated heterocycles. The summed E-state index contributed by atoms with van der Waals surface area (Å²) in [6, 6.07) is 7.38. The molecule has 0 amide bonds. The number of carbonyl (C=O) groups is 1. The number of hydrogen-bond acceptors (Lipinski definition) is 1. The molecule has 1 aromatic carbocycles. The van der Waals surface area contributed by atoms with Crippen LogP contribution < -0.4 is 0 Å². The molecule has 0 aliphatic heterocycles. The molecule has 0 spiro atoms. The maximum Gasteiger partial charge on any atom is 0.252 e. The van der Waals surface area contributed by atoms with E-state index in [1.165, 1.54) is 5.56 Å². The molecule has 0 aromatic heterocycles. The second kappa shape index (κ2) is 6.05. The molecule has 76 valence electrons.